The Morgan fingerprint density at radius 2 is 1.78 bits per heavy atom. The van der Waals surface area contributed by atoms with Crippen LogP contribution < -0.4 is 4.90 Å². The molecule has 0 N–H and O–H groups in total. The van der Waals surface area contributed by atoms with Crippen molar-refractivity contribution >= 4 is 43.2 Å². The quantitative estimate of drug-likeness (QED) is 0.653. The van der Waals surface area contributed by atoms with Gasteiger partial charge in [0.25, 0.3) is 0 Å². The lowest BCUT2D eigenvalue weighted by molar-refractivity contribution is 1.16. The predicted octanol–water partition coefficient (Wildman–Crippen LogP) is 5.42. The van der Waals surface area contributed by atoms with Gasteiger partial charge in [0.15, 0.2) is 0 Å². The maximum Gasteiger partial charge on any atom is 0.0460 e. The van der Waals surface area contributed by atoms with Gasteiger partial charge >= 0.3 is 0 Å². The Morgan fingerprint density at radius 1 is 1.06 bits per heavy atom. The number of para-hydroxylation sites is 1. The topological polar surface area (TPSA) is 3.24 Å². The second-order valence-electron chi connectivity index (χ2n) is 4.25. The van der Waals surface area contributed by atoms with Gasteiger partial charge in [-0.05, 0) is 36.2 Å². The van der Waals surface area contributed by atoms with Crippen LogP contribution in [-0.4, -0.2) is 7.05 Å². The molecule has 0 aliphatic rings. The number of hydrogen-bond acceptors (Lipinski definition) is 1. The molecular formula is C15H15Br2N. The molecule has 0 aliphatic carbocycles. The van der Waals surface area contributed by atoms with Gasteiger partial charge in [-0.15, -0.1) is 0 Å². The third kappa shape index (κ3) is 2.78. The monoisotopic (exact) mass is 367 g/mol. The summed E-state index contributed by atoms with van der Waals surface area (Å²) in [7, 11) is 2.11. The second-order valence-corrected chi connectivity index (χ2v) is 5.73. The highest BCUT2D eigenvalue weighted by Gasteiger charge is 2.10. The van der Waals surface area contributed by atoms with Crippen LogP contribution in [0.15, 0.2) is 46.9 Å². The minimum atomic E-state index is 0.853. The van der Waals surface area contributed by atoms with Crippen LogP contribution in [0.1, 0.15) is 11.1 Å². The van der Waals surface area contributed by atoms with Gasteiger partial charge in [-0.25, -0.2) is 0 Å². The molecule has 2 rings (SSSR count). The van der Waals surface area contributed by atoms with Crippen LogP contribution in [0.5, 0.6) is 0 Å². The highest BCUT2D eigenvalue weighted by Crippen LogP contribution is 2.32. The van der Waals surface area contributed by atoms with E-state index in [1.165, 1.54) is 22.5 Å². The lowest BCUT2D eigenvalue weighted by atomic mass is 10.1. The van der Waals surface area contributed by atoms with E-state index >= 15 is 0 Å². The maximum absolute atomic E-state index is 3.55. The summed E-state index contributed by atoms with van der Waals surface area (Å²) in [6, 6.07) is 14.8. The van der Waals surface area contributed by atoms with Crippen molar-refractivity contribution in [1.82, 2.24) is 0 Å². The molecule has 0 fully saturated rings. The Hall–Kier alpha value is -0.800. The molecule has 0 aliphatic heterocycles. The summed E-state index contributed by atoms with van der Waals surface area (Å²) in [5.41, 5.74) is 5.01. The number of anilines is 2. The second kappa shape index (κ2) is 5.89. The SMILES string of the molecule is Cc1ccccc1N(C)c1cc(Br)ccc1CBr. The largest absolute Gasteiger partial charge is 0.344 e. The number of alkyl halides is 1. The Labute approximate surface area is 125 Å². The van der Waals surface area contributed by atoms with E-state index in [2.05, 4.69) is 93.2 Å². The Morgan fingerprint density at radius 3 is 2.44 bits per heavy atom. The summed E-state index contributed by atoms with van der Waals surface area (Å²) in [4.78, 5) is 2.23. The summed E-state index contributed by atoms with van der Waals surface area (Å²) in [6.45, 7) is 2.14. The van der Waals surface area contributed by atoms with E-state index in [1.807, 2.05) is 0 Å². The molecule has 3 heteroatoms. The van der Waals surface area contributed by atoms with E-state index in [4.69, 9.17) is 0 Å². The zero-order chi connectivity index (χ0) is 13.1. The first-order valence-corrected chi connectivity index (χ1v) is 7.68. The van der Waals surface area contributed by atoms with Gasteiger partial charge in [-0.3, -0.25) is 0 Å². The molecule has 2 aromatic carbocycles. The van der Waals surface area contributed by atoms with Crippen LogP contribution in [0.2, 0.25) is 0 Å². The fourth-order valence-corrected chi connectivity index (χ4v) is 2.85. The van der Waals surface area contributed by atoms with E-state index in [1.54, 1.807) is 0 Å². The lowest BCUT2D eigenvalue weighted by Crippen LogP contribution is -2.12. The van der Waals surface area contributed by atoms with Gasteiger partial charge in [-0.1, -0.05) is 56.1 Å². The summed E-state index contributed by atoms with van der Waals surface area (Å²) in [6.07, 6.45) is 0. The predicted molar refractivity (Wildman–Crippen MR) is 86.0 cm³/mol. The lowest BCUT2D eigenvalue weighted by Gasteiger charge is -2.24. The van der Waals surface area contributed by atoms with Gasteiger partial charge < -0.3 is 4.90 Å². The molecule has 18 heavy (non-hydrogen) atoms. The molecule has 0 saturated carbocycles. The van der Waals surface area contributed by atoms with E-state index in [9.17, 15) is 0 Å². The third-order valence-electron chi connectivity index (χ3n) is 3.03. The van der Waals surface area contributed by atoms with E-state index in [-0.39, 0.29) is 0 Å². The summed E-state index contributed by atoms with van der Waals surface area (Å²) < 4.78 is 1.10. The number of benzene rings is 2. The number of halogens is 2. The zero-order valence-corrected chi connectivity index (χ0v) is 13.6. The average molecular weight is 369 g/mol. The van der Waals surface area contributed by atoms with Crippen LogP contribution in [0.4, 0.5) is 11.4 Å². The van der Waals surface area contributed by atoms with Crippen LogP contribution in [0.3, 0.4) is 0 Å². The normalized spacial score (nSPS) is 10.4. The molecule has 0 unspecified atom stereocenters. The van der Waals surface area contributed by atoms with E-state index < -0.39 is 0 Å². The smallest absolute Gasteiger partial charge is 0.0460 e. The first-order valence-electron chi connectivity index (χ1n) is 5.77. The molecule has 0 bridgehead atoms. The fraction of sp³-hybridized carbons (Fsp3) is 0.200. The molecule has 1 nitrogen and oxygen atoms in total. The van der Waals surface area contributed by atoms with Gasteiger partial charge in [0.1, 0.15) is 0 Å². The maximum atomic E-state index is 3.55. The highest BCUT2D eigenvalue weighted by atomic mass is 79.9. The third-order valence-corrected chi connectivity index (χ3v) is 4.13. The van der Waals surface area contributed by atoms with Gasteiger partial charge in [0, 0.05) is 28.2 Å². The standard InChI is InChI=1S/C15H15Br2N/c1-11-5-3-4-6-14(11)18(2)15-9-13(17)8-7-12(15)10-16/h3-9H,10H2,1-2H3. The summed E-state index contributed by atoms with van der Waals surface area (Å²) >= 11 is 7.09. The molecule has 0 spiro atoms. The van der Waals surface area contributed by atoms with E-state index in [0.29, 0.717) is 0 Å². The fourth-order valence-electron chi connectivity index (χ4n) is 2.03. The van der Waals surface area contributed by atoms with Crippen molar-refractivity contribution < 1.29 is 0 Å². The van der Waals surface area contributed by atoms with Crippen molar-refractivity contribution in [2.75, 3.05) is 11.9 Å². The summed E-state index contributed by atoms with van der Waals surface area (Å²) in [5.74, 6) is 0. The summed E-state index contributed by atoms with van der Waals surface area (Å²) in [5, 5.41) is 0.853. The van der Waals surface area contributed by atoms with Crippen molar-refractivity contribution in [3.05, 3.63) is 58.1 Å². The number of hydrogen-bond donors (Lipinski definition) is 0. The molecule has 94 valence electrons. The minimum Gasteiger partial charge on any atom is -0.344 e. The van der Waals surface area contributed by atoms with Crippen LogP contribution >= 0.6 is 31.9 Å². The Kier molecular flexibility index (Phi) is 4.46. The van der Waals surface area contributed by atoms with Crippen molar-refractivity contribution in [2.45, 2.75) is 12.3 Å². The van der Waals surface area contributed by atoms with Gasteiger partial charge in [0.2, 0.25) is 0 Å². The van der Waals surface area contributed by atoms with Gasteiger partial charge in [-0.2, -0.15) is 0 Å². The Bertz CT molecular complexity index is 552. The number of aryl methyl sites for hydroxylation is 1. The molecule has 0 saturated heterocycles. The minimum absolute atomic E-state index is 0.853. The van der Waals surface area contributed by atoms with Gasteiger partial charge in [0.05, 0.1) is 0 Å². The van der Waals surface area contributed by atoms with Crippen molar-refractivity contribution in [3.8, 4) is 0 Å². The molecule has 0 heterocycles. The molecule has 0 amide bonds. The molecule has 0 atom stereocenters. The van der Waals surface area contributed by atoms with Crippen molar-refractivity contribution in [3.63, 3.8) is 0 Å². The van der Waals surface area contributed by atoms with Crippen molar-refractivity contribution in [1.29, 1.82) is 0 Å². The van der Waals surface area contributed by atoms with Crippen LogP contribution in [0, 0.1) is 6.92 Å². The first kappa shape index (κ1) is 13.6. The first-order chi connectivity index (χ1) is 8.63. The average Bonchev–Trinajstić information content (AvgIpc) is 2.38. The highest BCUT2D eigenvalue weighted by molar-refractivity contribution is 9.10. The van der Waals surface area contributed by atoms with Crippen molar-refractivity contribution in [2.24, 2.45) is 0 Å². The zero-order valence-electron chi connectivity index (χ0n) is 10.5. The number of rotatable bonds is 3. The molecule has 2 aromatic rings. The Balaban J connectivity index is 2.48. The van der Waals surface area contributed by atoms with E-state index in [0.717, 1.165) is 9.80 Å². The molecule has 0 aromatic heterocycles. The molecule has 0 radical (unpaired) electrons. The van der Waals surface area contributed by atoms with Crippen LogP contribution in [-0.2, 0) is 5.33 Å². The molecular weight excluding hydrogens is 354 g/mol. The number of nitrogens with zero attached hydrogens (tertiary/aromatic N) is 1. The van der Waals surface area contributed by atoms with Crippen LogP contribution in [0.25, 0.3) is 0 Å².